The summed E-state index contributed by atoms with van der Waals surface area (Å²) in [4.78, 5) is 23.9. The van der Waals surface area contributed by atoms with Crippen molar-refractivity contribution < 1.29 is 9.72 Å². The molecule has 23 heavy (non-hydrogen) atoms. The van der Waals surface area contributed by atoms with Crippen molar-refractivity contribution in [2.45, 2.75) is 20.4 Å². The number of nitro benzene ring substituents is 1. The number of rotatable bonds is 4. The van der Waals surface area contributed by atoms with Crippen LogP contribution in [0.3, 0.4) is 0 Å². The summed E-state index contributed by atoms with van der Waals surface area (Å²) in [6.07, 6.45) is 0. The molecular formula is C15H19N5O3. The highest BCUT2D eigenvalue weighted by Crippen LogP contribution is 2.17. The van der Waals surface area contributed by atoms with Crippen LogP contribution in [0.15, 0.2) is 24.3 Å². The van der Waals surface area contributed by atoms with Gasteiger partial charge >= 0.3 is 6.03 Å². The van der Waals surface area contributed by atoms with Gasteiger partial charge in [0.05, 0.1) is 17.2 Å². The second kappa shape index (κ2) is 6.47. The Morgan fingerprint density at radius 1 is 1.35 bits per heavy atom. The molecule has 1 heterocycles. The number of aryl methyl sites for hydroxylation is 2. The summed E-state index contributed by atoms with van der Waals surface area (Å²) in [6, 6.07) is 5.42. The predicted octanol–water partition coefficient (Wildman–Crippen LogP) is 2.61. The van der Waals surface area contributed by atoms with E-state index >= 15 is 0 Å². The Labute approximate surface area is 133 Å². The maximum atomic E-state index is 12.2. The molecule has 0 saturated heterocycles. The van der Waals surface area contributed by atoms with E-state index in [4.69, 9.17) is 0 Å². The fraction of sp³-hybridized carbons (Fsp3) is 0.333. The zero-order chi connectivity index (χ0) is 17.1. The molecule has 8 nitrogen and oxygen atoms in total. The Bertz CT molecular complexity index is 736. The lowest BCUT2D eigenvalue weighted by molar-refractivity contribution is -0.384. The average molecular weight is 317 g/mol. The maximum Gasteiger partial charge on any atom is 0.321 e. The maximum absolute atomic E-state index is 12.2. The first-order valence-electron chi connectivity index (χ1n) is 7.05. The number of non-ortho nitro benzene ring substituents is 1. The zero-order valence-electron chi connectivity index (χ0n) is 13.5. The molecule has 2 amide bonds. The average Bonchev–Trinajstić information content (AvgIpc) is 2.74. The standard InChI is InChI=1S/C15H19N5O3/c1-10-14(11(2)19(4)17-10)9-18(3)15(21)16-12-5-7-13(8-6-12)20(22)23/h5-8H,9H2,1-4H3,(H,16,21). The number of benzene rings is 1. The third-order valence-electron chi connectivity index (χ3n) is 3.73. The van der Waals surface area contributed by atoms with Gasteiger partial charge in [0.15, 0.2) is 0 Å². The van der Waals surface area contributed by atoms with Gasteiger partial charge in [-0.3, -0.25) is 14.8 Å². The Kier molecular flexibility index (Phi) is 4.63. The van der Waals surface area contributed by atoms with Crippen LogP contribution in [0.25, 0.3) is 0 Å². The molecule has 2 aromatic rings. The van der Waals surface area contributed by atoms with Crippen LogP contribution in [0, 0.1) is 24.0 Å². The molecule has 0 spiro atoms. The fourth-order valence-electron chi connectivity index (χ4n) is 2.24. The number of hydrogen-bond donors (Lipinski definition) is 1. The van der Waals surface area contributed by atoms with Gasteiger partial charge in [-0.05, 0) is 26.0 Å². The highest BCUT2D eigenvalue weighted by molar-refractivity contribution is 5.89. The lowest BCUT2D eigenvalue weighted by Gasteiger charge is -2.18. The van der Waals surface area contributed by atoms with Crippen molar-refractivity contribution in [3.63, 3.8) is 0 Å². The van der Waals surface area contributed by atoms with Gasteiger partial charge in [0.25, 0.3) is 5.69 Å². The summed E-state index contributed by atoms with van der Waals surface area (Å²) in [5, 5.41) is 17.7. The molecule has 1 aromatic heterocycles. The third kappa shape index (κ3) is 3.65. The first-order valence-corrected chi connectivity index (χ1v) is 7.05. The van der Waals surface area contributed by atoms with Crippen LogP contribution < -0.4 is 5.32 Å². The first kappa shape index (κ1) is 16.5. The molecule has 8 heteroatoms. The van der Waals surface area contributed by atoms with E-state index in [9.17, 15) is 14.9 Å². The lowest BCUT2D eigenvalue weighted by atomic mass is 10.2. The van der Waals surface area contributed by atoms with Gasteiger partial charge in [0, 0.05) is 43.2 Å². The molecule has 0 fully saturated rings. The Morgan fingerprint density at radius 2 is 1.96 bits per heavy atom. The molecule has 0 aliphatic carbocycles. The van der Waals surface area contributed by atoms with Gasteiger partial charge in [-0.25, -0.2) is 4.79 Å². The molecule has 2 rings (SSSR count). The molecule has 0 aliphatic heterocycles. The smallest absolute Gasteiger partial charge is 0.321 e. The Balaban J connectivity index is 2.03. The summed E-state index contributed by atoms with van der Waals surface area (Å²) in [6.45, 7) is 4.30. The summed E-state index contributed by atoms with van der Waals surface area (Å²) in [5.74, 6) is 0. The van der Waals surface area contributed by atoms with Crippen molar-refractivity contribution >= 4 is 17.4 Å². The van der Waals surface area contributed by atoms with Crippen LogP contribution in [0.4, 0.5) is 16.2 Å². The molecule has 0 unspecified atom stereocenters. The molecule has 0 aliphatic rings. The summed E-state index contributed by atoms with van der Waals surface area (Å²) < 4.78 is 1.78. The Morgan fingerprint density at radius 3 is 2.43 bits per heavy atom. The van der Waals surface area contributed by atoms with Gasteiger partial charge < -0.3 is 10.2 Å². The van der Waals surface area contributed by atoms with Crippen molar-refractivity contribution in [3.8, 4) is 0 Å². The van der Waals surface area contributed by atoms with E-state index in [2.05, 4.69) is 10.4 Å². The van der Waals surface area contributed by atoms with Gasteiger partial charge in [-0.1, -0.05) is 0 Å². The van der Waals surface area contributed by atoms with Gasteiger partial charge in [-0.15, -0.1) is 0 Å². The number of nitrogens with zero attached hydrogens (tertiary/aromatic N) is 4. The third-order valence-corrected chi connectivity index (χ3v) is 3.73. The second-order valence-corrected chi connectivity index (χ2v) is 5.36. The zero-order valence-corrected chi connectivity index (χ0v) is 13.5. The number of amides is 2. The number of nitrogens with one attached hydrogen (secondary N) is 1. The van der Waals surface area contributed by atoms with Crippen molar-refractivity contribution in [3.05, 3.63) is 51.3 Å². The van der Waals surface area contributed by atoms with E-state index in [1.807, 2.05) is 20.9 Å². The molecule has 0 saturated carbocycles. The van der Waals surface area contributed by atoms with Gasteiger partial charge in [-0.2, -0.15) is 5.10 Å². The topological polar surface area (TPSA) is 93.3 Å². The Hall–Kier alpha value is -2.90. The minimum absolute atomic E-state index is 0.0158. The predicted molar refractivity (Wildman–Crippen MR) is 86.3 cm³/mol. The number of nitro groups is 1. The number of carbonyl (C=O) groups excluding carboxylic acids is 1. The molecule has 1 aromatic carbocycles. The highest BCUT2D eigenvalue weighted by Gasteiger charge is 2.15. The minimum Gasteiger partial charge on any atom is -0.323 e. The van der Waals surface area contributed by atoms with Crippen LogP contribution in [-0.2, 0) is 13.6 Å². The highest BCUT2D eigenvalue weighted by atomic mass is 16.6. The second-order valence-electron chi connectivity index (χ2n) is 5.36. The molecule has 0 bridgehead atoms. The van der Waals surface area contributed by atoms with E-state index in [1.54, 1.807) is 16.6 Å². The quantitative estimate of drug-likeness (QED) is 0.693. The van der Waals surface area contributed by atoms with Crippen LogP contribution >= 0.6 is 0 Å². The lowest BCUT2D eigenvalue weighted by Crippen LogP contribution is -2.31. The van der Waals surface area contributed by atoms with Gasteiger partial charge in [0.2, 0.25) is 0 Å². The molecule has 0 radical (unpaired) electrons. The van der Waals surface area contributed by atoms with E-state index < -0.39 is 4.92 Å². The van der Waals surface area contributed by atoms with Crippen LogP contribution in [-0.4, -0.2) is 32.7 Å². The number of anilines is 1. The van der Waals surface area contributed by atoms with Crippen molar-refractivity contribution in [1.82, 2.24) is 14.7 Å². The largest absolute Gasteiger partial charge is 0.323 e. The van der Waals surface area contributed by atoms with Gasteiger partial charge in [0.1, 0.15) is 0 Å². The normalized spacial score (nSPS) is 10.4. The summed E-state index contributed by atoms with van der Waals surface area (Å²) >= 11 is 0. The van der Waals surface area contributed by atoms with Crippen molar-refractivity contribution in [2.75, 3.05) is 12.4 Å². The van der Waals surface area contributed by atoms with Crippen LogP contribution in [0.5, 0.6) is 0 Å². The molecule has 122 valence electrons. The van der Waals surface area contributed by atoms with Crippen LogP contribution in [0.1, 0.15) is 17.0 Å². The first-order chi connectivity index (χ1) is 10.8. The SMILES string of the molecule is Cc1nn(C)c(C)c1CN(C)C(=O)Nc1ccc([N+](=O)[O-])cc1. The van der Waals surface area contributed by atoms with Crippen molar-refractivity contribution in [2.24, 2.45) is 7.05 Å². The number of hydrogen-bond acceptors (Lipinski definition) is 4. The monoisotopic (exact) mass is 317 g/mol. The van der Waals surface area contributed by atoms with E-state index in [1.165, 1.54) is 24.3 Å². The number of urea groups is 1. The van der Waals surface area contributed by atoms with E-state index in [0.717, 1.165) is 17.0 Å². The van der Waals surface area contributed by atoms with Crippen LogP contribution in [0.2, 0.25) is 0 Å². The molecule has 1 N–H and O–H groups in total. The number of carbonyl (C=O) groups is 1. The summed E-state index contributed by atoms with van der Waals surface area (Å²) in [7, 11) is 3.55. The molecule has 0 atom stereocenters. The fourth-order valence-corrected chi connectivity index (χ4v) is 2.24. The molecular weight excluding hydrogens is 298 g/mol. The number of aromatic nitrogens is 2. The summed E-state index contributed by atoms with van der Waals surface area (Å²) in [5.41, 5.74) is 3.40. The van der Waals surface area contributed by atoms with Crippen molar-refractivity contribution in [1.29, 1.82) is 0 Å². The van der Waals surface area contributed by atoms with E-state index in [-0.39, 0.29) is 11.7 Å². The minimum atomic E-state index is -0.480. The van der Waals surface area contributed by atoms with E-state index in [0.29, 0.717) is 12.2 Å².